The largest absolute Gasteiger partial charge is 0.493 e. The molecule has 1 aromatic carbocycles. The number of hydrogen-bond donors (Lipinski definition) is 2. The second-order valence-corrected chi connectivity index (χ2v) is 4.63. The van der Waals surface area contributed by atoms with Crippen LogP contribution in [0.4, 0.5) is 14.5 Å². The molecule has 0 heterocycles. The number of hydrogen-bond acceptors (Lipinski definition) is 3. The normalized spacial score (nSPS) is 18.3. The van der Waals surface area contributed by atoms with Crippen LogP contribution in [0.5, 0.6) is 11.5 Å². The summed E-state index contributed by atoms with van der Waals surface area (Å²) in [6.07, 6.45) is -0.497. The van der Waals surface area contributed by atoms with E-state index >= 15 is 0 Å². The number of halogens is 2. The number of alkyl halides is 2. The summed E-state index contributed by atoms with van der Waals surface area (Å²) in [6, 6.07) is 4.72. The van der Waals surface area contributed by atoms with Gasteiger partial charge in [-0.15, -0.1) is 0 Å². The standard InChI is InChI=1S/C13H17F2N3O2/c1-19-10-4-3-8(5-11(10)20-2)17-12(16)18-9-6-13(14,15)7-9/h3-5,9H,6-7H2,1-2H3,(H3,16,17,18). The summed E-state index contributed by atoms with van der Waals surface area (Å²) in [6.45, 7) is 0. The molecule has 0 bridgehead atoms. The minimum Gasteiger partial charge on any atom is -0.493 e. The highest BCUT2D eigenvalue weighted by Gasteiger charge is 2.45. The number of rotatable bonds is 4. The Morgan fingerprint density at radius 2 is 1.95 bits per heavy atom. The molecule has 0 amide bonds. The highest BCUT2D eigenvalue weighted by molar-refractivity contribution is 5.92. The van der Waals surface area contributed by atoms with Crippen LogP contribution in [-0.4, -0.2) is 32.1 Å². The summed E-state index contributed by atoms with van der Waals surface area (Å²) in [5.74, 6) is -1.36. The van der Waals surface area contributed by atoms with E-state index in [1.807, 2.05) is 0 Å². The van der Waals surface area contributed by atoms with Crippen LogP contribution in [0.3, 0.4) is 0 Å². The summed E-state index contributed by atoms with van der Waals surface area (Å²) < 4.78 is 35.6. The van der Waals surface area contributed by atoms with Crippen LogP contribution in [0.2, 0.25) is 0 Å². The monoisotopic (exact) mass is 285 g/mol. The van der Waals surface area contributed by atoms with E-state index in [4.69, 9.17) is 15.2 Å². The summed E-state index contributed by atoms with van der Waals surface area (Å²) in [4.78, 5) is 4.00. The maximum atomic E-state index is 12.7. The molecular weight excluding hydrogens is 268 g/mol. The average Bonchev–Trinajstić information content (AvgIpc) is 2.36. The fourth-order valence-corrected chi connectivity index (χ4v) is 2.01. The second kappa shape index (κ2) is 5.52. The number of ether oxygens (including phenoxy) is 2. The molecule has 0 atom stereocenters. The van der Waals surface area contributed by atoms with Crippen molar-refractivity contribution in [2.45, 2.75) is 24.8 Å². The number of anilines is 1. The molecule has 1 saturated carbocycles. The van der Waals surface area contributed by atoms with Crippen molar-refractivity contribution in [3.05, 3.63) is 18.2 Å². The molecule has 3 N–H and O–H groups in total. The highest BCUT2D eigenvalue weighted by Crippen LogP contribution is 2.39. The molecule has 0 aliphatic heterocycles. The molecule has 5 nitrogen and oxygen atoms in total. The molecular formula is C13H17F2N3O2. The molecule has 1 aliphatic carbocycles. The Hall–Kier alpha value is -2.05. The third-order valence-electron chi connectivity index (χ3n) is 3.05. The third-order valence-corrected chi connectivity index (χ3v) is 3.05. The van der Waals surface area contributed by atoms with Crippen LogP contribution < -0.4 is 20.5 Å². The van der Waals surface area contributed by atoms with Crippen LogP contribution in [0, 0.1) is 0 Å². The minimum absolute atomic E-state index is 0.109. The molecule has 1 aromatic rings. The Bertz CT molecular complexity index is 512. The molecule has 20 heavy (non-hydrogen) atoms. The maximum Gasteiger partial charge on any atom is 0.252 e. The predicted molar refractivity (Wildman–Crippen MR) is 72.8 cm³/mol. The summed E-state index contributed by atoms with van der Waals surface area (Å²) in [7, 11) is 3.06. The number of nitrogens with zero attached hydrogens (tertiary/aromatic N) is 1. The van der Waals surface area contributed by atoms with Gasteiger partial charge in [-0.2, -0.15) is 0 Å². The summed E-state index contributed by atoms with van der Waals surface area (Å²) in [5, 5.41) is 2.84. The lowest BCUT2D eigenvalue weighted by Gasteiger charge is -2.32. The topological polar surface area (TPSA) is 68.9 Å². The van der Waals surface area contributed by atoms with Crippen molar-refractivity contribution in [3.8, 4) is 11.5 Å². The molecule has 0 radical (unpaired) electrons. The zero-order valence-corrected chi connectivity index (χ0v) is 11.3. The predicted octanol–water partition coefficient (Wildman–Crippen LogP) is 2.23. The highest BCUT2D eigenvalue weighted by atomic mass is 19.3. The molecule has 7 heteroatoms. The molecule has 110 valence electrons. The quantitative estimate of drug-likeness (QED) is 0.657. The van der Waals surface area contributed by atoms with Gasteiger partial charge in [0.15, 0.2) is 17.5 Å². The smallest absolute Gasteiger partial charge is 0.252 e. The Kier molecular flexibility index (Phi) is 3.96. The molecule has 1 aliphatic rings. The molecule has 0 aromatic heterocycles. The molecule has 1 fully saturated rings. The minimum atomic E-state index is -2.60. The van der Waals surface area contributed by atoms with Crippen molar-refractivity contribution in [3.63, 3.8) is 0 Å². The first-order chi connectivity index (χ1) is 9.43. The number of aliphatic imine (C=N–C) groups is 1. The Morgan fingerprint density at radius 3 is 2.50 bits per heavy atom. The van der Waals surface area contributed by atoms with Crippen LogP contribution in [-0.2, 0) is 0 Å². The van der Waals surface area contributed by atoms with Crippen molar-refractivity contribution < 1.29 is 18.3 Å². The molecule has 0 spiro atoms. The SMILES string of the molecule is COc1ccc(NC(N)=NC2CC(F)(F)C2)cc1OC. The van der Waals surface area contributed by atoms with Gasteiger partial charge in [-0.25, -0.2) is 13.8 Å². The average molecular weight is 285 g/mol. The zero-order chi connectivity index (χ0) is 14.8. The van der Waals surface area contributed by atoms with E-state index in [1.54, 1.807) is 18.2 Å². The van der Waals surface area contributed by atoms with Crippen LogP contribution in [0.15, 0.2) is 23.2 Å². The lowest BCUT2D eigenvalue weighted by Crippen LogP contribution is -2.40. The van der Waals surface area contributed by atoms with Crippen molar-refractivity contribution >= 4 is 11.6 Å². The molecule has 0 saturated heterocycles. The number of guanidine groups is 1. The van der Waals surface area contributed by atoms with E-state index in [1.165, 1.54) is 14.2 Å². The maximum absolute atomic E-state index is 12.7. The zero-order valence-electron chi connectivity index (χ0n) is 11.3. The third kappa shape index (κ3) is 3.28. The van der Waals surface area contributed by atoms with E-state index in [2.05, 4.69) is 10.3 Å². The van der Waals surface area contributed by atoms with E-state index in [-0.39, 0.29) is 18.8 Å². The van der Waals surface area contributed by atoms with E-state index < -0.39 is 12.0 Å². The van der Waals surface area contributed by atoms with Gasteiger partial charge in [-0.3, -0.25) is 0 Å². The first kappa shape index (κ1) is 14.4. The van der Waals surface area contributed by atoms with E-state index in [9.17, 15) is 8.78 Å². The summed E-state index contributed by atoms with van der Waals surface area (Å²) in [5.41, 5.74) is 6.34. The van der Waals surface area contributed by atoms with Crippen molar-refractivity contribution in [2.75, 3.05) is 19.5 Å². The van der Waals surface area contributed by atoms with Gasteiger partial charge >= 0.3 is 0 Å². The van der Waals surface area contributed by atoms with Gasteiger partial charge in [0.2, 0.25) is 0 Å². The molecule has 2 rings (SSSR count). The lowest BCUT2D eigenvalue weighted by atomic mass is 9.89. The van der Waals surface area contributed by atoms with Crippen LogP contribution in [0.25, 0.3) is 0 Å². The van der Waals surface area contributed by atoms with Gasteiger partial charge < -0.3 is 20.5 Å². The van der Waals surface area contributed by atoms with Crippen LogP contribution >= 0.6 is 0 Å². The van der Waals surface area contributed by atoms with E-state index in [0.29, 0.717) is 17.2 Å². The lowest BCUT2D eigenvalue weighted by molar-refractivity contribution is -0.0834. The van der Waals surface area contributed by atoms with Gasteiger partial charge in [0.05, 0.1) is 20.3 Å². The Morgan fingerprint density at radius 1 is 1.30 bits per heavy atom. The number of benzene rings is 1. The Balaban J connectivity index is 2.01. The fourth-order valence-electron chi connectivity index (χ4n) is 2.01. The van der Waals surface area contributed by atoms with Gasteiger partial charge in [-0.1, -0.05) is 0 Å². The first-order valence-electron chi connectivity index (χ1n) is 6.13. The molecule has 0 unspecified atom stereocenters. The van der Waals surface area contributed by atoms with E-state index in [0.717, 1.165) is 0 Å². The van der Waals surface area contributed by atoms with Gasteiger partial charge in [0.1, 0.15) is 0 Å². The number of nitrogens with two attached hydrogens (primary N) is 1. The van der Waals surface area contributed by atoms with Crippen molar-refractivity contribution in [2.24, 2.45) is 10.7 Å². The van der Waals surface area contributed by atoms with Gasteiger partial charge in [0, 0.05) is 24.6 Å². The first-order valence-corrected chi connectivity index (χ1v) is 6.13. The fraction of sp³-hybridized carbons (Fsp3) is 0.462. The number of nitrogens with one attached hydrogen (secondary N) is 1. The van der Waals surface area contributed by atoms with Crippen molar-refractivity contribution in [1.29, 1.82) is 0 Å². The van der Waals surface area contributed by atoms with Gasteiger partial charge in [0.25, 0.3) is 5.92 Å². The van der Waals surface area contributed by atoms with Gasteiger partial charge in [-0.05, 0) is 12.1 Å². The van der Waals surface area contributed by atoms with Crippen molar-refractivity contribution in [1.82, 2.24) is 0 Å². The number of methoxy groups -OCH3 is 2. The second-order valence-electron chi connectivity index (χ2n) is 4.63. The van der Waals surface area contributed by atoms with Crippen LogP contribution in [0.1, 0.15) is 12.8 Å². The summed E-state index contributed by atoms with van der Waals surface area (Å²) >= 11 is 0. The Labute approximate surface area is 115 Å².